The van der Waals surface area contributed by atoms with Crippen molar-refractivity contribution >= 4 is 23.5 Å². The summed E-state index contributed by atoms with van der Waals surface area (Å²) in [4.78, 5) is 23.0. The lowest BCUT2D eigenvalue weighted by atomic mass is 10.2. The van der Waals surface area contributed by atoms with Crippen LogP contribution in [0.4, 0.5) is 10.6 Å². The average Bonchev–Trinajstić information content (AvgIpc) is 2.47. The fourth-order valence-corrected chi connectivity index (χ4v) is 2.12. The van der Waals surface area contributed by atoms with Gasteiger partial charge in [-0.2, -0.15) is 10.2 Å². The molecule has 1 amide bonds. The van der Waals surface area contributed by atoms with Crippen molar-refractivity contribution < 1.29 is 9.53 Å². The lowest BCUT2D eigenvalue weighted by molar-refractivity contribution is 0.105. The zero-order valence-corrected chi connectivity index (χ0v) is 11.8. The lowest BCUT2D eigenvalue weighted by Gasteiger charge is -2.34. The van der Waals surface area contributed by atoms with E-state index in [0.717, 1.165) is 0 Å². The van der Waals surface area contributed by atoms with E-state index in [9.17, 15) is 4.79 Å². The van der Waals surface area contributed by atoms with Crippen LogP contribution in [0.25, 0.3) is 0 Å². The molecule has 0 spiro atoms. The molecule has 7 nitrogen and oxygen atoms in total. The Balaban J connectivity index is 2.06. The van der Waals surface area contributed by atoms with Crippen LogP contribution < -0.4 is 4.90 Å². The van der Waals surface area contributed by atoms with Gasteiger partial charge in [0, 0.05) is 26.2 Å². The molecule has 20 heavy (non-hydrogen) atoms. The molecule has 1 aliphatic heterocycles. The van der Waals surface area contributed by atoms with Crippen molar-refractivity contribution in [2.75, 3.05) is 37.7 Å². The molecule has 1 aromatic rings. The summed E-state index contributed by atoms with van der Waals surface area (Å²) in [6, 6.07) is 2.04. The fraction of sp³-hybridized carbons (Fsp3) is 0.500. The van der Waals surface area contributed by atoms with Gasteiger partial charge in [0.25, 0.3) is 0 Å². The van der Waals surface area contributed by atoms with E-state index in [1.54, 1.807) is 11.8 Å². The molecule has 0 atom stereocenters. The molecule has 0 unspecified atom stereocenters. The highest BCUT2D eigenvalue weighted by Crippen LogP contribution is 2.20. The predicted octanol–water partition coefficient (Wildman–Crippen LogP) is 1.28. The highest BCUT2D eigenvalue weighted by molar-refractivity contribution is 6.28. The molecule has 0 aliphatic carbocycles. The summed E-state index contributed by atoms with van der Waals surface area (Å²) in [5, 5.41) is 9.17. The number of carbonyl (C=O) groups excluding carboxylic acids is 1. The van der Waals surface area contributed by atoms with Crippen LogP contribution >= 0.6 is 11.6 Å². The number of carbonyl (C=O) groups is 1. The Labute approximate surface area is 121 Å². The van der Waals surface area contributed by atoms with Crippen LogP contribution in [0.5, 0.6) is 0 Å². The van der Waals surface area contributed by atoms with Crippen molar-refractivity contribution in [1.29, 1.82) is 5.26 Å². The Morgan fingerprint density at radius 1 is 1.50 bits per heavy atom. The molecule has 1 aliphatic rings. The zero-order valence-electron chi connectivity index (χ0n) is 11.0. The van der Waals surface area contributed by atoms with Gasteiger partial charge in [-0.25, -0.2) is 9.78 Å². The number of aromatic nitrogens is 2. The number of nitrogens with zero attached hydrogens (tertiary/aromatic N) is 5. The molecular formula is C12H14ClN5O2. The molecule has 0 N–H and O–H groups in total. The monoisotopic (exact) mass is 295 g/mol. The first-order valence-electron chi connectivity index (χ1n) is 6.25. The summed E-state index contributed by atoms with van der Waals surface area (Å²) in [5.41, 5.74) is 0.374. The smallest absolute Gasteiger partial charge is 0.409 e. The zero-order chi connectivity index (χ0) is 14.5. The van der Waals surface area contributed by atoms with Gasteiger partial charge >= 0.3 is 6.09 Å². The van der Waals surface area contributed by atoms with Crippen molar-refractivity contribution in [2.24, 2.45) is 0 Å². The number of amides is 1. The van der Waals surface area contributed by atoms with Gasteiger partial charge in [0.1, 0.15) is 11.6 Å². The molecule has 0 saturated carbocycles. The minimum atomic E-state index is -0.312. The molecule has 0 bridgehead atoms. The van der Waals surface area contributed by atoms with Crippen molar-refractivity contribution in [1.82, 2.24) is 14.9 Å². The minimum Gasteiger partial charge on any atom is -0.450 e. The largest absolute Gasteiger partial charge is 0.450 e. The van der Waals surface area contributed by atoms with E-state index in [-0.39, 0.29) is 11.4 Å². The Kier molecular flexibility index (Phi) is 4.58. The summed E-state index contributed by atoms with van der Waals surface area (Å²) in [6.07, 6.45) is 1.09. The summed E-state index contributed by atoms with van der Waals surface area (Å²) < 4.78 is 4.96. The fourth-order valence-electron chi connectivity index (χ4n) is 1.99. The van der Waals surface area contributed by atoms with E-state index in [2.05, 4.69) is 9.97 Å². The van der Waals surface area contributed by atoms with Crippen LogP contribution in [-0.2, 0) is 4.74 Å². The number of piperazine rings is 1. The van der Waals surface area contributed by atoms with Crippen molar-refractivity contribution in [2.45, 2.75) is 6.92 Å². The molecule has 1 aromatic heterocycles. The van der Waals surface area contributed by atoms with Gasteiger partial charge in [-0.1, -0.05) is 0 Å². The Bertz CT molecular complexity index is 537. The standard InChI is InChI=1S/C12H14ClN5O2/c1-2-20-12(19)18-5-3-17(4-6-18)10-9(7-14)8-15-11(13)16-10/h8H,2-6H2,1H3. The number of anilines is 1. The summed E-state index contributed by atoms with van der Waals surface area (Å²) in [7, 11) is 0. The maximum absolute atomic E-state index is 11.6. The number of hydrogen-bond donors (Lipinski definition) is 0. The third kappa shape index (κ3) is 3.08. The number of ether oxygens (including phenoxy) is 1. The van der Waals surface area contributed by atoms with Crippen molar-refractivity contribution in [3.8, 4) is 6.07 Å². The number of nitriles is 1. The second-order valence-corrected chi connectivity index (χ2v) is 4.50. The first-order valence-corrected chi connectivity index (χ1v) is 6.62. The normalized spacial score (nSPS) is 14.8. The molecule has 2 rings (SSSR count). The molecule has 2 heterocycles. The Morgan fingerprint density at radius 3 is 2.80 bits per heavy atom. The van der Waals surface area contributed by atoms with E-state index in [1.807, 2.05) is 11.0 Å². The Hall–Kier alpha value is -2.07. The average molecular weight is 296 g/mol. The number of hydrogen-bond acceptors (Lipinski definition) is 6. The highest BCUT2D eigenvalue weighted by Gasteiger charge is 2.24. The Morgan fingerprint density at radius 2 is 2.20 bits per heavy atom. The summed E-state index contributed by atoms with van der Waals surface area (Å²) in [6.45, 7) is 4.31. The molecule has 1 saturated heterocycles. The second kappa shape index (κ2) is 6.39. The van der Waals surface area contributed by atoms with Gasteiger partial charge in [-0.05, 0) is 18.5 Å². The number of halogens is 1. The third-order valence-corrected chi connectivity index (χ3v) is 3.15. The molecule has 1 fully saturated rings. The van der Waals surface area contributed by atoms with Crippen LogP contribution in [0.1, 0.15) is 12.5 Å². The molecule has 0 radical (unpaired) electrons. The predicted molar refractivity (Wildman–Crippen MR) is 72.6 cm³/mol. The summed E-state index contributed by atoms with van der Waals surface area (Å²) in [5.74, 6) is 0.510. The van der Waals surface area contributed by atoms with Crippen LogP contribution in [0.3, 0.4) is 0 Å². The van der Waals surface area contributed by atoms with Gasteiger partial charge in [-0.3, -0.25) is 0 Å². The van der Waals surface area contributed by atoms with E-state index in [4.69, 9.17) is 21.6 Å². The van der Waals surface area contributed by atoms with Gasteiger partial charge in [-0.15, -0.1) is 0 Å². The van der Waals surface area contributed by atoms with Crippen LogP contribution in [0, 0.1) is 11.3 Å². The molecular weight excluding hydrogens is 282 g/mol. The highest BCUT2D eigenvalue weighted by atomic mass is 35.5. The maximum Gasteiger partial charge on any atom is 0.409 e. The quantitative estimate of drug-likeness (QED) is 0.764. The first-order chi connectivity index (χ1) is 9.65. The van der Waals surface area contributed by atoms with E-state index in [0.29, 0.717) is 44.2 Å². The van der Waals surface area contributed by atoms with Crippen LogP contribution in [0.15, 0.2) is 6.20 Å². The SMILES string of the molecule is CCOC(=O)N1CCN(c2nc(Cl)ncc2C#N)CC1. The van der Waals surface area contributed by atoms with Gasteiger partial charge < -0.3 is 14.5 Å². The minimum absolute atomic E-state index is 0.104. The molecule has 8 heteroatoms. The lowest BCUT2D eigenvalue weighted by Crippen LogP contribution is -2.49. The van der Waals surface area contributed by atoms with Crippen LogP contribution in [0.2, 0.25) is 5.28 Å². The first kappa shape index (κ1) is 14.3. The van der Waals surface area contributed by atoms with Crippen LogP contribution in [-0.4, -0.2) is 53.7 Å². The van der Waals surface area contributed by atoms with Gasteiger partial charge in [0.05, 0.1) is 12.8 Å². The molecule has 0 aromatic carbocycles. The topological polar surface area (TPSA) is 82.3 Å². The maximum atomic E-state index is 11.6. The van der Waals surface area contributed by atoms with Gasteiger partial charge in [0.2, 0.25) is 5.28 Å². The number of rotatable bonds is 2. The summed E-state index contributed by atoms with van der Waals surface area (Å²) >= 11 is 5.77. The van der Waals surface area contributed by atoms with Crippen molar-refractivity contribution in [3.05, 3.63) is 17.0 Å². The second-order valence-electron chi connectivity index (χ2n) is 4.16. The van der Waals surface area contributed by atoms with Gasteiger partial charge in [0.15, 0.2) is 5.82 Å². The van der Waals surface area contributed by atoms with E-state index < -0.39 is 0 Å². The van der Waals surface area contributed by atoms with E-state index >= 15 is 0 Å². The third-order valence-electron chi connectivity index (χ3n) is 2.96. The van der Waals surface area contributed by atoms with E-state index in [1.165, 1.54) is 6.20 Å². The van der Waals surface area contributed by atoms with Crippen molar-refractivity contribution in [3.63, 3.8) is 0 Å². The molecule has 106 valence electrons.